The van der Waals surface area contributed by atoms with Gasteiger partial charge in [0.25, 0.3) is 0 Å². The number of carbonyl (C=O) groups excluding carboxylic acids is 2. The van der Waals surface area contributed by atoms with E-state index in [2.05, 4.69) is 21.2 Å². The van der Waals surface area contributed by atoms with E-state index in [1.165, 1.54) is 11.0 Å². The van der Waals surface area contributed by atoms with Crippen LogP contribution < -0.4 is 5.32 Å². The number of amides is 2. The predicted octanol–water partition coefficient (Wildman–Crippen LogP) is 1.05. The van der Waals surface area contributed by atoms with Crippen molar-refractivity contribution in [2.24, 2.45) is 0 Å². The Hall–Kier alpha value is -1.27. The second-order valence-corrected chi connectivity index (χ2v) is 4.58. The molecule has 0 saturated carbocycles. The van der Waals surface area contributed by atoms with Crippen molar-refractivity contribution in [1.29, 1.82) is 0 Å². The number of benzene rings is 1. The van der Waals surface area contributed by atoms with E-state index in [9.17, 15) is 14.0 Å². The number of nitrogens with zero attached hydrogens (tertiary/aromatic N) is 1. The van der Waals surface area contributed by atoms with Gasteiger partial charge in [-0.1, -0.05) is 6.07 Å². The van der Waals surface area contributed by atoms with Crippen molar-refractivity contribution in [3.63, 3.8) is 0 Å². The summed E-state index contributed by atoms with van der Waals surface area (Å²) >= 11 is 3.07. The van der Waals surface area contributed by atoms with Crippen molar-refractivity contribution in [2.45, 2.75) is 6.54 Å². The molecule has 0 aromatic heterocycles. The van der Waals surface area contributed by atoms with Gasteiger partial charge in [0.2, 0.25) is 11.8 Å². The number of imide groups is 1. The molecule has 2 rings (SSSR count). The zero-order valence-electron chi connectivity index (χ0n) is 8.87. The Bertz CT molecular complexity index is 463. The average Bonchev–Trinajstić information content (AvgIpc) is 2.28. The van der Waals surface area contributed by atoms with Crippen LogP contribution in [-0.4, -0.2) is 29.8 Å². The second-order valence-electron chi connectivity index (χ2n) is 3.73. The zero-order chi connectivity index (χ0) is 12.4. The monoisotopic (exact) mass is 300 g/mol. The van der Waals surface area contributed by atoms with E-state index in [4.69, 9.17) is 0 Å². The minimum atomic E-state index is -0.369. The number of halogens is 2. The summed E-state index contributed by atoms with van der Waals surface area (Å²) in [5.41, 5.74) is 0.710. The van der Waals surface area contributed by atoms with Gasteiger partial charge in [-0.2, -0.15) is 0 Å². The molecule has 1 heterocycles. The molecule has 1 N–H and O–H groups in total. The fourth-order valence-corrected chi connectivity index (χ4v) is 2.03. The first kappa shape index (κ1) is 12.2. The van der Waals surface area contributed by atoms with E-state index in [0.29, 0.717) is 10.0 Å². The third kappa shape index (κ3) is 2.70. The molecule has 0 spiro atoms. The van der Waals surface area contributed by atoms with Crippen LogP contribution >= 0.6 is 15.9 Å². The molecule has 1 aliphatic heterocycles. The molecule has 4 nitrogen and oxygen atoms in total. The lowest BCUT2D eigenvalue weighted by atomic mass is 10.2. The highest BCUT2D eigenvalue weighted by atomic mass is 79.9. The minimum Gasteiger partial charge on any atom is -0.300 e. The van der Waals surface area contributed by atoms with Gasteiger partial charge in [-0.15, -0.1) is 0 Å². The van der Waals surface area contributed by atoms with Crippen LogP contribution in [-0.2, 0) is 16.1 Å². The van der Waals surface area contributed by atoms with Gasteiger partial charge >= 0.3 is 0 Å². The smallest absolute Gasteiger partial charge is 0.243 e. The van der Waals surface area contributed by atoms with E-state index in [-0.39, 0.29) is 37.3 Å². The van der Waals surface area contributed by atoms with Gasteiger partial charge in [-0.25, -0.2) is 4.39 Å². The van der Waals surface area contributed by atoms with Crippen LogP contribution in [0.25, 0.3) is 0 Å². The van der Waals surface area contributed by atoms with E-state index in [0.717, 1.165) is 0 Å². The summed E-state index contributed by atoms with van der Waals surface area (Å²) in [5.74, 6) is -0.893. The average molecular weight is 301 g/mol. The quantitative estimate of drug-likeness (QED) is 0.831. The van der Waals surface area contributed by atoms with Crippen molar-refractivity contribution in [3.05, 3.63) is 34.1 Å². The fraction of sp³-hybridized carbons (Fsp3) is 0.273. The predicted molar refractivity (Wildman–Crippen MR) is 62.5 cm³/mol. The maximum Gasteiger partial charge on any atom is 0.243 e. The SMILES string of the molecule is O=C1CNCC(=O)N1Cc1ccc(F)c(Br)c1. The molecular formula is C11H10BrFN2O2. The topological polar surface area (TPSA) is 49.4 Å². The van der Waals surface area contributed by atoms with Crippen LogP contribution in [0, 0.1) is 5.82 Å². The normalized spacial score (nSPS) is 16.5. The first-order chi connectivity index (χ1) is 8.08. The van der Waals surface area contributed by atoms with Gasteiger partial charge < -0.3 is 0 Å². The molecule has 2 amide bonds. The van der Waals surface area contributed by atoms with Crippen molar-refractivity contribution in [3.8, 4) is 0 Å². The molecule has 0 aliphatic carbocycles. The third-order valence-electron chi connectivity index (χ3n) is 2.48. The summed E-state index contributed by atoms with van der Waals surface area (Å²) in [6.07, 6.45) is 0. The van der Waals surface area contributed by atoms with Crippen molar-refractivity contribution >= 4 is 27.7 Å². The molecule has 1 saturated heterocycles. The summed E-state index contributed by atoms with van der Waals surface area (Å²) in [5, 5.41) is 2.71. The van der Waals surface area contributed by atoms with Crippen molar-refractivity contribution in [1.82, 2.24) is 10.2 Å². The first-order valence-electron chi connectivity index (χ1n) is 5.06. The van der Waals surface area contributed by atoms with Crippen LogP contribution in [0.1, 0.15) is 5.56 Å². The highest BCUT2D eigenvalue weighted by Crippen LogP contribution is 2.18. The summed E-state index contributed by atoms with van der Waals surface area (Å²) in [4.78, 5) is 24.2. The second kappa shape index (κ2) is 4.93. The highest BCUT2D eigenvalue weighted by molar-refractivity contribution is 9.10. The number of hydrogen-bond donors (Lipinski definition) is 1. The van der Waals surface area contributed by atoms with Crippen molar-refractivity contribution < 1.29 is 14.0 Å². The van der Waals surface area contributed by atoms with E-state index < -0.39 is 0 Å². The molecule has 0 bridgehead atoms. The van der Waals surface area contributed by atoms with Gasteiger partial charge in [0.1, 0.15) is 5.82 Å². The lowest BCUT2D eigenvalue weighted by molar-refractivity contribution is -0.147. The summed E-state index contributed by atoms with van der Waals surface area (Å²) in [6.45, 7) is 0.500. The van der Waals surface area contributed by atoms with Gasteiger partial charge in [0.05, 0.1) is 24.1 Å². The molecule has 0 unspecified atom stereocenters. The Balaban J connectivity index is 2.16. The van der Waals surface area contributed by atoms with Gasteiger partial charge in [-0.05, 0) is 33.6 Å². The van der Waals surface area contributed by atoms with E-state index in [1.807, 2.05) is 0 Å². The molecular weight excluding hydrogens is 291 g/mol. The molecule has 6 heteroatoms. The Labute approximate surface area is 106 Å². The largest absolute Gasteiger partial charge is 0.300 e. The Morgan fingerprint density at radius 1 is 1.29 bits per heavy atom. The lowest BCUT2D eigenvalue weighted by Gasteiger charge is -2.25. The van der Waals surface area contributed by atoms with E-state index in [1.54, 1.807) is 12.1 Å². The molecule has 90 valence electrons. The fourth-order valence-electron chi connectivity index (χ4n) is 1.60. The molecule has 1 fully saturated rings. The Kier molecular flexibility index (Phi) is 3.54. The summed E-state index contributed by atoms with van der Waals surface area (Å²) < 4.78 is 13.4. The number of nitrogens with one attached hydrogen (secondary N) is 1. The van der Waals surface area contributed by atoms with Crippen molar-refractivity contribution in [2.75, 3.05) is 13.1 Å². The maximum absolute atomic E-state index is 13.0. The van der Waals surface area contributed by atoms with Gasteiger partial charge in [-0.3, -0.25) is 19.8 Å². The van der Waals surface area contributed by atoms with Gasteiger partial charge in [0, 0.05) is 0 Å². The number of piperazine rings is 1. The zero-order valence-corrected chi connectivity index (χ0v) is 10.5. The van der Waals surface area contributed by atoms with Crippen LogP contribution in [0.5, 0.6) is 0 Å². The minimum absolute atomic E-state index is 0.161. The van der Waals surface area contributed by atoms with Crippen LogP contribution in [0.4, 0.5) is 4.39 Å². The summed E-state index contributed by atoms with van der Waals surface area (Å²) in [6, 6.07) is 4.43. The number of rotatable bonds is 2. The first-order valence-corrected chi connectivity index (χ1v) is 5.85. The van der Waals surface area contributed by atoms with Crippen LogP contribution in [0.15, 0.2) is 22.7 Å². The number of carbonyl (C=O) groups is 2. The molecule has 1 aromatic rings. The standard InChI is InChI=1S/C11H10BrFN2O2/c12-8-3-7(1-2-9(8)13)6-15-10(16)4-14-5-11(15)17/h1-3,14H,4-6H2. The molecule has 1 aromatic carbocycles. The van der Waals surface area contributed by atoms with Crippen LogP contribution in [0.2, 0.25) is 0 Å². The Morgan fingerprint density at radius 2 is 1.94 bits per heavy atom. The molecule has 1 aliphatic rings. The highest BCUT2D eigenvalue weighted by Gasteiger charge is 2.25. The summed E-state index contributed by atoms with van der Waals surface area (Å²) in [7, 11) is 0. The maximum atomic E-state index is 13.0. The molecule has 0 atom stereocenters. The molecule has 0 radical (unpaired) electrons. The van der Waals surface area contributed by atoms with Crippen LogP contribution in [0.3, 0.4) is 0 Å². The molecule has 17 heavy (non-hydrogen) atoms. The lowest BCUT2D eigenvalue weighted by Crippen LogP contribution is -2.51. The Morgan fingerprint density at radius 3 is 2.53 bits per heavy atom. The van der Waals surface area contributed by atoms with Gasteiger partial charge in [0.15, 0.2) is 0 Å². The number of hydrogen-bond acceptors (Lipinski definition) is 3. The third-order valence-corrected chi connectivity index (χ3v) is 3.09. The van der Waals surface area contributed by atoms with E-state index >= 15 is 0 Å².